The van der Waals surface area contributed by atoms with Crippen molar-refractivity contribution >= 4 is 23.2 Å². The van der Waals surface area contributed by atoms with Gasteiger partial charge in [-0.2, -0.15) is 0 Å². The van der Waals surface area contributed by atoms with E-state index in [1.165, 1.54) is 6.42 Å². The third kappa shape index (κ3) is 6.00. The van der Waals surface area contributed by atoms with Crippen LogP contribution >= 0.6 is 11.3 Å². The van der Waals surface area contributed by atoms with Gasteiger partial charge in [-0.3, -0.25) is 14.6 Å². The molecule has 0 spiro atoms. The molecule has 7 nitrogen and oxygen atoms in total. The van der Waals surface area contributed by atoms with Crippen molar-refractivity contribution in [1.82, 2.24) is 15.2 Å². The predicted octanol–water partition coefficient (Wildman–Crippen LogP) is 4.99. The number of hydrogen-bond donors (Lipinski definition) is 1. The summed E-state index contributed by atoms with van der Waals surface area (Å²) in [6, 6.07) is 13.6. The molecule has 2 aromatic heterocycles. The van der Waals surface area contributed by atoms with Crippen LogP contribution in [0.5, 0.6) is 11.5 Å². The molecule has 1 saturated carbocycles. The van der Waals surface area contributed by atoms with Crippen LogP contribution in [-0.2, 0) is 11.3 Å². The first-order valence-corrected chi connectivity index (χ1v) is 12.8. The Balaban J connectivity index is 1.78. The zero-order chi connectivity index (χ0) is 24.6. The summed E-state index contributed by atoms with van der Waals surface area (Å²) in [6.07, 6.45) is 6.83. The molecular weight excluding hydrogens is 462 g/mol. The number of hydrogen-bond acceptors (Lipinski definition) is 6. The van der Waals surface area contributed by atoms with Crippen LogP contribution in [0.1, 0.15) is 59.1 Å². The molecule has 1 aromatic carbocycles. The Labute approximate surface area is 210 Å². The van der Waals surface area contributed by atoms with Gasteiger partial charge < -0.3 is 19.7 Å². The summed E-state index contributed by atoms with van der Waals surface area (Å²) < 4.78 is 11.0. The van der Waals surface area contributed by atoms with Crippen LogP contribution < -0.4 is 14.8 Å². The summed E-state index contributed by atoms with van der Waals surface area (Å²) in [5.74, 6) is 0.554. The second kappa shape index (κ2) is 11.8. The Morgan fingerprint density at radius 1 is 1.09 bits per heavy atom. The van der Waals surface area contributed by atoms with Crippen molar-refractivity contribution in [2.24, 2.45) is 0 Å². The van der Waals surface area contributed by atoms with Crippen LogP contribution in [0.15, 0.2) is 60.1 Å². The average molecular weight is 494 g/mol. The van der Waals surface area contributed by atoms with E-state index in [0.29, 0.717) is 17.1 Å². The number of thiophene rings is 1. The predicted molar refractivity (Wildman–Crippen MR) is 136 cm³/mol. The quantitative estimate of drug-likeness (QED) is 0.454. The summed E-state index contributed by atoms with van der Waals surface area (Å²) in [5.41, 5.74) is 0.884. The van der Waals surface area contributed by atoms with E-state index in [4.69, 9.17) is 9.47 Å². The summed E-state index contributed by atoms with van der Waals surface area (Å²) in [7, 11) is 3.13. The SMILES string of the molecule is COc1ccc([C@@H](C(=O)NC2CCCCC2)N(Cc2cccs2)C(=O)c2ccccn2)c(OC)c1. The van der Waals surface area contributed by atoms with Crippen LogP contribution in [0.2, 0.25) is 0 Å². The molecule has 1 N–H and O–H groups in total. The monoisotopic (exact) mass is 493 g/mol. The molecule has 0 unspecified atom stereocenters. The minimum absolute atomic E-state index is 0.0940. The number of nitrogens with one attached hydrogen (secondary N) is 1. The largest absolute Gasteiger partial charge is 0.497 e. The second-order valence-corrected chi connectivity index (χ2v) is 9.61. The van der Waals surface area contributed by atoms with E-state index in [0.717, 1.165) is 30.6 Å². The Hall–Kier alpha value is -3.39. The Kier molecular flexibility index (Phi) is 8.36. The fraction of sp³-hybridized carbons (Fsp3) is 0.370. The zero-order valence-electron chi connectivity index (χ0n) is 20.1. The standard InChI is InChI=1S/C27H31N3O4S/c1-33-20-13-14-22(24(17-20)34-2)25(26(31)29-19-9-4-3-5-10-19)30(18-21-11-8-16-35-21)27(32)23-12-6-7-15-28-23/h6-8,11-17,19,25H,3-5,9-10,18H2,1-2H3,(H,29,31)/t25-/m0/s1. The van der Waals surface area contributed by atoms with Crippen molar-refractivity contribution in [3.8, 4) is 11.5 Å². The van der Waals surface area contributed by atoms with Gasteiger partial charge in [0.25, 0.3) is 5.91 Å². The lowest BCUT2D eigenvalue weighted by Gasteiger charge is -2.33. The maximum atomic E-state index is 13.9. The molecule has 2 amide bonds. The van der Waals surface area contributed by atoms with Crippen LogP contribution in [0, 0.1) is 0 Å². The smallest absolute Gasteiger partial charge is 0.273 e. The van der Waals surface area contributed by atoms with Gasteiger partial charge in [0.15, 0.2) is 0 Å². The highest BCUT2D eigenvalue weighted by atomic mass is 32.1. The average Bonchev–Trinajstić information content (AvgIpc) is 3.42. The van der Waals surface area contributed by atoms with Crippen molar-refractivity contribution in [2.45, 2.75) is 50.7 Å². The van der Waals surface area contributed by atoms with Gasteiger partial charge >= 0.3 is 0 Å². The van der Waals surface area contributed by atoms with Crippen molar-refractivity contribution in [1.29, 1.82) is 0 Å². The molecule has 2 heterocycles. The number of benzene rings is 1. The van der Waals surface area contributed by atoms with Crippen LogP contribution in [-0.4, -0.2) is 42.0 Å². The molecule has 4 rings (SSSR count). The third-order valence-corrected chi connectivity index (χ3v) is 7.16. The normalized spacial score (nSPS) is 14.7. The lowest BCUT2D eigenvalue weighted by atomic mass is 9.94. The first-order chi connectivity index (χ1) is 17.1. The molecule has 3 aromatic rings. The molecule has 0 bridgehead atoms. The van der Waals surface area contributed by atoms with Gasteiger partial charge in [0.2, 0.25) is 5.91 Å². The topological polar surface area (TPSA) is 80.8 Å². The van der Waals surface area contributed by atoms with E-state index in [2.05, 4.69) is 10.3 Å². The molecule has 8 heteroatoms. The molecule has 1 fully saturated rings. The Bertz CT molecular complexity index is 1110. The first kappa shape index (κ1) is 24.7. The lowest BCUT2D eigenvalue weighted by Crippen LogP contribution is -2.47. The van der Waals surface area contributed by atoms with E-state index in [1.54, 1.807) is 73.1 Å². The number of methoxy groups -OCH3 is 2. The number of aromatic nitrogens is 1. The molecule has 184 valence electrons. The van der Waals surface area contributed by atoms with Crippen LogP contribution in [0.4, 0.5) is 0 Å². The number of carbonyl (C=O) groups is 2. The molecule has 0 radical (unpaired) electrons. The van der Waals surface area contributed by atoms with Crippen LogP contribution in [0.25, 0.3) is 0 Å². The third-order valence-electron chi connectivity index (χ3n) is 6.30. The van der Waals surface area contributed by atoms with Gasteiger partial charge in [0.05, 0.1) is 20.8 Å². The molecule has 1 atom stereocenters. The summed E-state index contributed by atoms with van der Waals surface area (Å²) in [4.78, 5) is 34.6. The molecule has 35 heavy (non-hydrogen) atoms. The molecule has 0 aliphatic heterocycles. The highest BCUT2D eigenvalue weighted by Gasteiger charge is 2.36. The summed E-state index contributed by atoms with van der Waals surface area (Å²) in [6.45, 7) is 0.269. The molecular formula is C27H31N3O4S. The highest BCUT2D eigenvalue weighted by molar-refractivity contribution is 7.09. The number of amides is 2. The molecule has 1 aliphatic rings. The minimum atomic E-state index is -0.908. The van der Waals surface area contributed by atoms with Gasteiger partial charge in [0, 0.05) is 28.7 Å². The number of nitrogens with zero attached hydrogens (tertiary/aromatic N) is 2. The zero-order valence-corrected chi connectivity index (χ0v) is 20.9. The van der Waals surface area contributed by atoms with Gasteiger partial charge in [-0.15, -0.1) is 11.3 Å². The van der Waals surface area contributed by atoms with Crippen LogP contribution in [0.3, 0.4) is 0 Å². The van der Waals surface area contributed by atoms with E-state index in [-0.39, 0.29) is 30.1 Å². The van der Waals surface area contributed by atoms with Gasteiger partial charge in [-0.25, -0.2) is 0 Å². The number of ether oxygens (including phenoxy) is 2. The fourth-order valence-corrected chi connectivity index (χ4v) is 5.21. The van der Waals surface area contributed by atoms with Gasteiger partial charge in [-0.05, 0) is 48.6 Å². The Morgan fingerprint density at radius 3 is 2.57 bits per heavy atom. The Morgan fingerprint density at radius 2 is 1.91 bits per heavy atom. The number of rotatable bonds is 9. The molecule has 1 aliphatic carbocycles. The van der Waals surface area contributed by atoms with Gasteiger partial charge in [0.1, 0.15) is 23.2 Å². The van der Waals surface area contributed by atoms with E-state index < -0.39 is 6.04 Å². The van der Waals surface area contributed by atoms with E-state index in [9.17, 15) is 9.59 Å². The second-order valence-electron chi connectivity index (χ2n) is 8.58. The highest BCUT2D eigenvalue weighted by Crippen LogP contribution is 2.35. The number of carbonyl (C=O) groups excluding carboxylic acids is 2. The minimum Gasteiger partial charge on any atom is -0.497 e. The summed E-state index contributed by atoms with van der Waals surface area (Å²) in [5, 5.41) is 5.19. The molecule has 0 saturated heterocycles. The van der Waals surface area contributed by atoms with Crippen molar-refractivity contribution in [2.75, 3.05) is 14.2 Å². The van der Waals surface area contributed by atoms with Crippen molar-refractivity contribution < 1.29 is 19.1 Å². The number of pyridine rings is 1. The first-order valence-electron chi connectivity index (χ1n) is 11.9. The van der Waals surface area contributed by atoms with Crippen molar-refractivity contribution in [3.63, 3.8) is 0 Å². The fourth-order valence-electron chi connectivity index (χ4n) is 4.51. The van der Waals surface area contributed by atoms with E-state index in [1.807, 2.05) is 17.5 Å². The van der Waals surface area contributed by atoms with Crippen molar-refractivity contribution in [3.05, 3.63) is 76.2 Å². The van der Waals surface area contributed by atoms with Gasteiger partial charge in [-0.1, -0.05) is 31.4 Å². The van der Waals surface area contributed by atoms with E-state index >= 15 is 0 Å². The lowest BCUT2D eigenvalue weighted by molar-refractivity contribution is -0.127. The maximum Gasteiger partial charge on any atom is 0.273 e. The summed E-state index contributed by atoms with van der Waals surface area (Å²) >= 11 is 1.54. The maximum absolute atomic E-state index is 13.9.